The maximum absolute atomic E-state index is 6.08. The Bertz CT molecular complexity index is 430. The summed E-state index contributed by atoms with van der Waals surface area (Å²) in [6.45, 7) is 5.04. The fourth-order valence-corrected chi connectivity index (χ4v) is 2.18. The molecule has 112 valence electrons. The van der Waals surface area contributed by atoms with E-state index in [1.54, 1.807) is 6.07 Å². The molecule has 0 fully saturated rings. The van der Waals surface area contributed by atoms with Crippen molar-refractivity contribution in [1.82, 2.24) is 10.6 Å². The lowest BCUT2D eigenvalue weighted by molar-refractivity contribution is 0.133. The fraction of sp³-hybridized carbons (Fsp3) is 0.500. The van der Waals surface area contributed by atoms with Crippen molar-refractivity contribution >= 4 is 40.5 Å². The lowest BCUT2D eigenvalue weighted by atomic mass is 10.2. The standard InChI is InChI=1S/C14H20Cl2N2OS/c1-2-7-19-8-3-6-17-14(20)18-10-11-4-5-12(15)9-13(11)16/h4-5,9H,2-3,6-8,10H2,1H3,(H2,17,18,20). The Morgan fingerprint density at radius 1 is 1.25 bits per heavy atom. The van der Waals surface area contributed by atoms with E-state index in [9.17, 15) is 0 Å². The van der Waals surface area contributed by atoms with Gasteiger partial charge in [-0.1, -0.05) is 36.2 Å². The van der Waals surface area contributed by atoms with E-state index in [0.717, 1.165) is 38.2 Å². The quantitative estimate of drug-likeness (QED) is 0.560. The summed E-state index contributed by atoms with van der Waals surface area (Å²) in [7, 11) is 0. The molecule has 6 heteroatoms. The lowest BCUT2D eigenvalue weighted by Crippen LogP contribution is -2.35. The van der Waals surface area contributed by atoms with Crippen molar-refractivity contribution in [1.29, 1.82) is 0 Å². The second-order valence-corrected chi connectivity index (χ2v) is 5.56. The number of hydrogen-bond donors (Lipinski definition) is 2. The number of halogens is 2. The molecule has 0 aliphatic rings. The van der Waals surface area contributed by atoms with Gasteiger partial charge in [0.05, 0.1) is 0 Å². The van der Waals surface area contributed by atoms with Gasteiger partial charge >= 0.3 is 0 Å². The zero-order chi connectivity index (χ0) is 14.8. The summed E-state index contributed by atoms with van der Waals surface area (Å²) in [6.07, 6.45) is 1.98. The van der Waals surface area contributed by atoms with Crippen LogP contribution in [0, 0.1) is 0 Å². The predicted molar refractivity (Wildman–Crippen MR) is 89.6 cm³/mol. The Morgan fingerprint density at radius 3 is 2.75 bits per heavy atom. The third-order valence-corrected chi connectivity index (χ3v) is 3.43. The van der Waals surface area contributed by atoms with Crippen LogP contribution in [0.25, 0.3) is 0 Å². The van der Waals surface area contributed by atoms with Crippen molar-refractivity contribution in [3.05, 3.63) is 33.8 Å². The van der Waals surface area contributed by atoms with Gasteiger partial charge in [0.15, 0.2) is 5.11 Å². The highest BCUT2D eigenvalue weighted by Gasteiger charge is 2.02. The topological polar surface area (TPSA) is 33.3 Å². The fourth-order valence-electron chi connectivity index (χ4n) is 1.53. The molecular weight excluding hydrogens is 315 g/mol. The molecule has 0 heterocycles. The normalized spacial score (nSPS) is 10.3. The molecule has 0 bridgehead atoms. The number of thiocarbonyl (C=S) groups is 1. The number of rotatable bonds is 8. The van der Waals surface area contributed by atoms with Crippen molar-refractivity contribution in [2.75, 3.05) is 19.8 Å². The molecule has 2 N–H and O–H groups in total. The van der Waals surface area contributed by atoms with Crippen LogP contribution >= 0.6 is 35.4 Å². The third kappa shape index (κ3) is 7.29. The molecule has 0 aromatic heterocycles. The third-order valence-electron chi connectivity index (χ3n) is 2.55. The second kappa shape index (κ2) is 10.2. The molecule has 1 aromatic carbocycles. The lowest BCUT2D eigenvalue weighted by Gasteiger charge is -2.11. The van der Waals surface area contributed by atoms with E-state index in [0.29, 0.717) is 21.7 Å². The van der Waals surface area contributed by atoms with Crippen molar-refractivity contribution in [2.24, 2.45) is 0 Å². The second-order valence-electron chi connectivity index (χ2n) is 4.31. The van der Waals surface area contributed by atoms with Gasteiger partial charge in [-0.25, -0.2) is 0 Å². The summed E-state index contributed by atoms with van der Waals surface area (Å²) >= 11 is 17.1. The molecule has 20 heavy (non-hydrogen) atoms. The predicted octanol–water partition coefficient (Wildman–Crippen LogP) is 3.77. The molecule has 0 aliphatic heterocycles. The Kier molecular flexibility index (Phi) is 8.94. The smallest absolute Gasteiger partial charge is 0.166 e. The van der Waals surface area contributed by atoms with E-state index in [1.807, 2.05) is 12.1 Å². The van der Waals surface area contributed by atoms with Gasteiger partial charge in [-0.15, -0.1) is 0 Å². The minimum absolute atomic E-state index is 0.578. The van der Waals surface area contributed by atoms with Gasteiger partial charge in [0.2, 0.25) is 0 Å². The molecule has 0 saturated heterocycles. The van der Waals surface area contributed by atoms with Crippen molar-refractivity contribution in [3.8, 4) is 0 Å². The summed E-state index contributed by atoms with van der Waals surface area (Å²) in [5, 5.41) is 8.13. The number of benzene rings is 1. The summed E-state index contributed by atoms with van der Waals surface area (Å²) < 4.78 is 5.39. The highest BCUT2D eigenvalue weighted by molar-refractivity contribution is 7.80. The highest BCUT2D eigenvalue weighted by atomic mass is 35.5. The van der Waals surface area contributed by atoms with E-state index in [1.165, 1.54) is 0 Å². The maximum atomic E-state index is 6.08. The molecule has 0 radical (unpaired) electrons. The van der Waals surface area contributed by atoms with Crippen LogP contribution in [-0.2, 0) is 11.3 Å². The molecule has 3 nitrogen and oxygen atoms in total. The van der Waals surface area contributed by atoms with Gasteiger partial charge in [-0.2, -0.15) is 0 Å². The van der Waals surface area contributed by atoms with E-state index >= 15 is 0 Å². The first-order valence-electron chi connectivity index (χ1n) is 6.67. The molecule has 0 atom stereocenters. The van der Waals surface area contributed by atoms with E-state index < -0.39 is 0 Å². The molecule has 1 aromatic rings. The van der Waals surface area contributed by atoms with Crippen LogP contribution < -0.4 is 10.6 Å². The zero-order valence-electron chi connectivity index (χ0n) is 11.5. The molecule has 1 rings (SSSR count). The van der Waals surface area contributed by atoms with Crippen LogP contribution in [0.1, 0.15) is 25.3 Å². The first kappa shape index (κ1) is 17.5. The van der Waals surface area contributed by atoms with Gasteiger partial charge in [0.1, 0.15) is 0 Å². The summed E-state index contributed by atoms with van der Waals surface area (Å²) in [6, 6.07) is 5.42. The largest absolute Gasteiger partial charge is 0.381 e. The minimum atomic E-state index is 0.578. The van der Waals surface area contributed by atoms with Crippen molar-refractivity contribution in [2.45, 2.75) is 26.3 Å². The monoisotopic (exact) mass is 334 g/mol. The number of nitrogens with one attached hydrogen (secondary N) is 2. The average molecular weight is 335 g/mol. The summed E-state index contributed by atoms with van der Waals surface area (Å²) in [5.74, 6) is 0. The average Bonchev–Trinajstić information content (AvgIpc) is 2.41. The van der Waals surface area contributed by atoms with E-state index in [-0.39, 0.29) is 0 Å². The molecular formula is C14H20Cl2N2OS. The maximum Gasteiger partial charge on any atom is 0.166 e. The van der Waals surface area contributed by atoms with Crippen LogP contribution in [0.3, 0.4) is 0 Å². The van der Waals surface area contributed by atoms with Crippen LogP contribution in [0.15, 0.2) is 18.2 Å². The van der Waals surface area contributed by atoms with Crippen molar-refractivity contribution < 1.29 is 4.74 Å². The SMILES string of the molecule is CCCOCCCNC(=S)NCc1ccc(Cl)cc1Cl. The highest BCUT2D eigenvalue weighted by Crippen LogP contribution is 2.20. The number of hydrogen-bond acceptors (Lipinski definition) is 2. The van der Waals surface area contributed by atoms with Gasteiger partial charge in [-0.3, -0.25) is 0 Å². The van der Waals surface area contributed by atoms with Crippen LogP contribution in [-0.4, -0.2) is 24.9 Å². The first-order chi connectivity index (χ1) is 9.63. The van der Waals surface area contributed by atoms with Crippen molar-refractivity contribution in [3.63, 3.8) is 0 Å². The zero-order valence-corrected chi connectivity index (χ0v) is 13.9. The Balaban J connectivity index is 2.16. The van der Waals surface area contributed by atoms with Gasteiger partial charge in [0, 0.05) is 36.3 Å². The van der Waals surface area contributed by atoms with Gasteiger partial charge in [-0.05, 0) is 42.8 Å². The molecule has 0 amide bonds. The minimum Gasteiger partial charge on any atom is -0.381 e. The Hall–Kier alpha value is -0.550. The van der Waals surface area contributed by atoms with Crippen LogP contribution in [0.2, 0.25) is 10.0 Å². The van der Waals surface area contributed by atoms with Crippen LogP contribution in [0.5, 0.6) is 0 Å². The van der Waals surface area contributed by atoms with Crippen LogP contribution in [0.4, 0.5) is 0 Å². The molecule has 0 saturated carbocycles. The Morgan fingerprint density at radius 2 is 2.05 bits per heavy atom. The Labute approximate surface area is 136 Å². The summed E-state index contributed by atoms with van der Waals surface area (Å²) in [5.41, 5.74) is 0.964. The first-order valence-corrected chi connectivity index (χ1v) is 7.83. The van der Waals surface area contributed by atoms with E-state index in [2.05, 4.69) is 17.6 Å². The van der Waals surface area contributed by atoms with E-state index in [4.69, 9.17) is 40.2 Å². The molecule has 0 unspecified atom stereocenters. The molecule has 0 aliphatic carbocycles. The summed E-state index contributed by atoms with van der Waals surface area (Å²) in [4.78, 5) is 0. The molecule has 0 spiro atoms. The van der Waals surface area contributed by atoms with Gasteiger partial charge < -0.3 is 15.4 Å². The number of ether oxygens (including phenoxy) is 1. The van der Waals surface area contributed by atoms with Gasteiger partial charge in [0.25, 0.3) is 0 Å².